The third-order valence-electron chi connectivity index (χ3n) is 1.95. The Labute approximate surface area is 121 Å². The van der Waals surface area contributed by atoms with Gasteiger partial charge in [0.25, 0.3) is 0 Å². The van der Waals surface area contributed by atoms with Crippen LogP contribution < -0.4 is 51.4 Å². The van der Waals surface area contributed by atoms with Gasteiger partial charge in [-0.3, -0.25) is 4.79 Å². The molecular weight excluding hydrogens is 187 g/mol. The van der Waals surface area contributed by atoms with Crippen LogP contribution in [0.5, 0.6) is 0 Å². The van der Waals surface area contributed by atoms with E-state index in [0.29, 0.717) is 0 Å². The molecule has 2 rings (SSSR count). The van der Waals surface area contributed by atoms with E-state index < -0.39 is 0 Å². The van der Waals surface area contributed by atoms with Gasteiger partial charge in [0, 0.05) is 5.56 Å². The quantitative estimate of drug-likeness (QED) is 0.455. The molecule has 0 unspecified atom stereocenters. The average molecular weight is 196 g/mol. The molecule has 0 aliphatic heterocycles. The molecule has 0 aliphatic carbocycles. The molecule has 0 aromatic heterocycles. The first kappa shape index (κ1) is 11.1. The van der Waals surface area contributed by atoms with Crippen molar-refractivity contribution >= 4 is 17.1 Å². The Morgan fingerprint density at radius 2 is 1.69 bits per heavy atom. The molecule has 0 N–H and O–H groups in total. The standard InChI is InChI=1S/C11H8O.K.H/c12-8-10-6-3-5-9-4-1-2-7-11(9)10;;/h1-8H;;/q;+1;-1. The molecule has 1 nitrogen and oxygen atoms in total. The fourth-order valence-electron chi connectivity index (χ4n) is 1.35. The molecule has 0 fully saturated rings. The van der Waals surface area contributed by atoms with Gasteiger partial charge in [-0.05, 0) is 10.8 Å². The number of fused-ring (bicyclic) bond motifs is 1. The molecule has 0 saturated carbocycles. The van der Waals surface area contributed by atoms with Crippen molar-refractivity contribution in [3.05, 3.63) is 48.0 Å². The summed E-state index contributed by atoms with van der Waals surface area (Å²) in [4.78, 5) is 10.6. The maximum absolute atomic E-state index is 10.6. The second-order valence-corrected chi connectivity index (χ2v) is 2.69. The van der Waals surface area contributed by atoms with E-state index in [1.54, 1.807) is 0 Å². The first-order valence-electron chi connectivity index (χ1n) is 3.85. The molecule has 60 valence electrons. The Morgan fingerprint density at radius 1 is 1.00 bits per heavy atom. The predicted molar refractivity (Wildman–Crippen MR) is 50.4 cm³/mol. The van der Waals surface area contributed by atoms with Gasteiger partial charge in [-0.2, -0.15) is 0 Å². The van der Waals surface area contributed by atoms with Crippen LogP contribution in [0.4, 0.5) is 0 Å². The van der Waals surface area contributed by atoms with Crippen molar-refractivity contribution in [3.63, 3.8) is 0 Å². The summed E-state index contributed by atoms with van der Waals surface area (Å²) in [6, 6.07) is 13.6. The third-order valence-corrected chi connectivity index (χ3v) is 1.95. The van der Waals surface area contributed by atoms with Crippen molar-refractivity contribution in [2.45, 2.75) is 0 Å². The first-order valence-corrected chi connectivity index (χ1v) is 3.85. The van der Waals surface area contributed by atoms with Gasteiger partial charge in [0.2, 0.25) is 0 Å². The van der Waals surface area contributed by atoms with Gasteiger partial charge in [0.05, 0.1) is 0 Å². The molecule has 0 saturated heterocycles. The van der Waals surface area contributed by atoms with Crippen LogP contribution in [0.25, 0.3) is 10.8 Å². The third kappa shape index (κ3) is 2.27. The van der Waals surface area contributed by atoms with Gasteiger partial charge in [-0.15, -0.1) is 0 Å². The van der Waals surface area contributed by atoms with Crippen molar-refractivity contribution in [1.82, 2.24) is 0 Å². The minimum atomic E-state index is 0. The van der Waals surface area contributed by atoms with Crippen molar-refractivity contribution in [1.29, 1.82) is 0 Å². The number of hydrogen-bond donors (Lipinski definition) is 0. The average Bonchev–Trinajstić information content (AvgIpc) is 2.17. The molecule has 2 aromatic carbocycles. The molecule has 0 amide bonds. The van der Waals surface area contributed by atoms with Crippen LogP contribution in [0.15, 0.2) is 42.5 Å². The molecule has 0 spiro atoms. The zero-order chi connectivity index (χ0) is 8.39. The smallest absolute Gasteiger partial charge is 1.00 e. The number of aldehydes is 1. The second-order valence-electron chi connectivity index (χ2n) is 2.69. The van der Waals surface area contributed by atoms with E-state index in [-0.39, 0.29) is 52.8 Å². The molecule has 2 aromatic rings. The fraction of sp³-hybridized carbons (Fsp3) is 0. The second kappa shape index (κ2) is 5.03. The topological polar surface area (TPSA) is 17.1 Å². The molecule has 0 heterocycles. The molecule has 2 heteroatoms. The number of carbonyl (C=O) groups is 1. The summed E-state index contributed by atoms with van der Waals surface area (Å²) in [5.74, 6) is 0. The Morgan fingerprint density at radius 3 is 2.46 bits per heavy atom. The molecule has 13 heavy (non-hydrogen) atoms. The van der Waals surface area contributed by atoms with Gasteiger partial charge in [0.15, 0.2) is 6.29 Å². The Balaban J connectivity index is 0.000000845. The first-order chi connectivity index (χ1) is 5.92. The van der Waals surface area contributed by atoms with E-state index in [4.69, 9.17) is 0 Å². The van der Waals surface area contributed by atoms with E-state index in [1.165, 1.54) is 0 Å². The zero-order valence-electron chi connectivity index (χ0n) is 8.53. The minimum Gasteiger partial charge on any atom is -1.00 e. The van der Waals surface area contributed by atoms with E-state index >= 15 is 0 Å². The van der Waals surface area contributed by atoms with Crippen molar-refractivity contribution in [2.24, 2.45) is 0 Å². The van der Waals surface area contributed by atoms with Crippen LogP contribution in [-0.2, 0) is 0 Å². The van der Waals surface area contributed by atoms with Gasteiger partial charge in [-0.1, -0.05) is 42.5 Å². The van der Waals surface area contributed by atoms with Crippen molar-refractivity contribution in [2.75, 3.05) is 0 Å². The van der Waals surface area contributed by atoms with Gasteiger partial charge in [0.1, 0.15) is 0 Å². The number of rotatable bonds is 1. The Kier molecular flexibility index (Phi) is 4.29. The molecule has 0 aliphatic rings. The van der Waals surface area contributed by atoms with E-state index in [0.717, 1.165) is 22.6 Å². The summed E-state index contributed by atoms with van der Waals surface area (Å²) in [5, 5.41) is 2.14. The number of carbonyl (C=O) groups excluding carboxylic acids is 1. The zero-order valence-corrected chi connectivity index (χ0v) is 10.7. The molecule has 0 bridgehead atoms. The van der Waals surface area contributed by atoms with Crippen LogP contribution in [0.1, 0.15) is 11.8 Å². The number of hydrogen-bond acceptors (Lipinski definition) is 1. The SMILES string of the molecule is O=Cc1cccc2ccccc12.[H-].[K+]. The predicted octanol–water partition coefficient (Wildman–Crippen LogP) is -0.231. The van der Waals surface area contributed by atoms with Gasteiger partial charge < -0.3 is 1.43 Å². The molecule has 0 radical (unpaired) electrons. The fourth-order valence-corrected chi connectivity index (χ4v) is 1.35. The Bertz CT molecular complexity index is 423. The summed E-state index contributed by atoms with van der Waals surface area (Å²) in [6.45, 7) is 0. The summed E-state index contributed by atoms with van der Waals surface area (Å²) in [5.41, 5.74) is 0.758. The van der Waals surface area contributed by atoms with Crippen LogP contribution in [0.2, 0.25) is 0 Å². The van der Waals surface area contributed by atoms with Crippen molar-refractivity contribution < 1.29 is 57.6 Å². The van der Waals surface area contributed by atoms with Crippen LogP contribution in [0.3, 0.4) is 0 Å². The summed E-state index contributed by atoms with van der Waals surface area (Å²) >= 11 is 0. The van der Waals surface area contributed by atoms with Gasteiger partial charge >= 0.3 is 51.4 Å². The van der Waals surface area contributed by atoms with Crippen LogP contribution >= 0.6 is 0 Å². The maximum atomic E-state index is 10.6. The molecule has 0 atom stereocenters. The van der Waals surface area contributed by atoms with Crippen LogP contribution in [0, 0.1) is 0 Å². The maximum Gasteiger partial charge on any atom is 1.00 e. The van der Waals surface area contributed by atoms with E-state index in [1.807, 2.05) is 42.5 Å². The van der Waals surface area contributed by atoms with Crippen LogP contribution in [-0.4, -0.2) is 6.29 Å². The van der Waals surface area contributed by atoms with Crippen molar-refractivity contribution in [3.8, 4) is 0 Å². The number of benzene rings is 2. The monoisotopic (exact) mass is 196 g/mol. The van der Waals surface area contributed by atoms with E-state index in [9.17, 15) is 4.79 Å². The summed E-state index contributed by atoms with van der Waals surface area (Å²) < 4.78 is 0. The largest absolute Gasteiger partial charge is 1.00 e. The summed E-state index contributed by atoms with van der Waals surface area (Å²) in [6.07, 6.45) is 0.891. The minimum absolute atomic E-state index is 0. The normalized spacial score (nSPS) is 9.23. The van der Waals surface area contributed by atoms with E-state index in [2.05, 4.69) is 0 Å². The molecular formula is C11H9KO. The summed E-state index contributed by atoms with van der Waals surface area (Å²) in [7, 11) is 0. The van der Waals surface area contributed by atoms with Gasteiger partial charge in [-0.25, -0.2) is 0 Å². The Hall–Kier alpha value is 0.00636.